The Balaban J connectivity index is 2.42. The molecule has 1 N–H and O–H groups in total. The van der Waals surface area contributed by atoms with E-state index in [0.717, 1.165) is 0 Å². The minimum atomic E-state index is -0.323. The Morgan fingerprint density at radius 1 is 1.23 bits per heavy atom. The molecule has 9 heteroatoms. The number of nitrogens with one attached hydrogen (secondary N) is 1. The summed E-state index contributed by atoms with van der Waals surface area (Å²) in [4.78, 5) is 40.7. The molecule has 0 unspecified atom stereocenters. The molecule has 1 heterocycles. The van der Waals surface area contributed by atoms with Crippen LogP contribution in [0.4, 0.5) is 5.69 Å². The van der Waals surface area contributed by atoms with Gasteiger partial charge in [-0.05, 0) is 25.1 Å². The number of hydrogen-bond donors (Lipinski definition) is 1. The lowest BCUT2D eigenvalue weighted by atomic mass is 10.0. The van der Waals surface area contributed by atoms with Crippen LogP contribution in [0, 0.1) is 5.92 Å². The second kappa shape index (κ2) is 11.1. The summed E-state index contributed by atoms with van der Waals surface area (Å²) in [6.07, 6.45) is -0.253. The molecule has 2 rings (SSSR count). The van der Waals surface area contributed by atoms with Crippen LogP contribution in [0.15, 0.2) is 18.2 Å². The third kappa shape index (κ3) is 6.41. The average Bonchev–Trinajstić information content (AvgIpc) is 2.72. The van der Waals surface area contributed by atoms with Crippen LogP contribution < -0.4 is 10.1 Å². The van der Waals surface area contributed by atoms with Gasteiger partial charge in [0.1, 0.15) is 19.0 Å². The Morgan fingerprint density at radius 3 is 2.55 bits per heavy atom. The fraction of sp³-hybridized carbons (Fsp3) is 0.591. The minimum Gasteiger partial charge on any atom is -0.491 e. The summed E-state index contributed by atoms with van der Waals surface area (Å²) >= 11 is 0. The molecule has 1 aliphatic rings. The van der Waals surface area contributed by atoms with E-state index in [1.54, 1.807) is 42.2 Å². The van der Waals surface area contributed by atoms with E-state index in [1.807, 2.05) is 13.8 Å². The Labute approximate surface area is 183 Å². The summed E-state index contributed by atoms with van der Waals surface area (Å²) in [5.74, 6) is -0.222. The lowest BCUT2D eigenvalue weighted by molar-refractivity contribution is -0.133. The zero-order valence-corrected chi connectivity index (χ0v) is 19.1. The third-order valence-corrected chi connectivity index (χ3v) is 5.41. The largest absolute Gasteiger partial charge is 0.491 e. The zero-order chi connectivity index (χ0) is 23.1. The number of methoxy groups -OCH3 is 2. The second-order valence-corrected chi connectivity index (χ2v) is 7.96. The van der Waals surface area contributed by atoms with Gasteiger partial charge in [-0.25, -0.2) is 0 Å². The average molecular weight is 436 g/mol. The Morgan fingerprint density at radius 2 is 1.94 bits per heavy atom. The topological polar surface area (TPSA) is 97.4 Å². The SMILES string of the molecule is COCC(=O)Nc1ccc2c(c1)C(=O)N(C)C[C@H](OC)[C@@H](C)CN(C(C)=O)[C@@H](C)CO2. The fourth-order valence-corrected chi connectivity index (χ4v) is 3.62. The van der Waals surface area contributed by atoms with Gasteiger partial charge in [-0.15, -0.1) is 0 Å². The second-order valence-electron chi connectivity index (χ2n) is 7.96. The number of rotatable bonds is 4. The number of nitrogens with zero attached hydrogens (tertiary/aromatic N) is 2. The lowest BCUT2D eigenvalue weighted by Gasteiger charge is -2.35. The van der Waals surface area contributed by atoms with Gasteiger partial charge in [-0.3, -0.25) is 14.4 Å². The fourth-order valence-electron chi connectivity index (χ4n) is 3.62. The predicted octanol–water partition coefficient (Wildman–Crippen LogP) is 1.62. The van der Waals surface area contributed by atoms with Gasteiger partial charge in [0.15, 0.2) is 0 Å². The van der Waals surface area contributed by atoms with Crippen LogP contribution in [0.25, 0.3) is 0 Å². The molecule has 0 radical (unpaired) electrons. The molecule has 31 heavy (non-hydrogen) atoms. The molecule has 0 aliphatic carbocycles. The molecule has 0 fully saturated rings. The molecule has 1 aromatic rings. The van der Waals surface area contributed by atoms with E-state index in [0.29, 0.717) is 30.1 Å². The highest BCUT2D eigenvalue weighted by Crippen LogP contribution is 2.26. The number of likely N-dealkylation sites (N-methyl/N-ethyl adjacent to an activating group) is 1. The first-order chi connectivity index (χ1) is 14.7. The van der Waals surface area contributed by atoms with Gasteiger partial charge in [-0.2, -0.15) is 0 Å². The van der Waals surface area contributed by atoms with Crippen LogP contribution in [0.3, 0.4) is 0 Å². The highest BCUT2D eigenvalue weighted by atomic mass is 16.5. The molecule has 9 nitrogen and oxygen atoms in total. The normalized spacial score (nSPS) is 22.6. The molecule has 172 valence electrons. The lowest BCUT2D eigenvalue weighted by Crippen LogP contribution is -2.48. The van der Waals surface area contributed by atoms with Gasteiger partial charge in [-0.1, -0.05) is 6.92 Å². The maximum Gasteiger partial charge on any atom is 0.257 e. The first-order valence-corrected chi connectivity index (χ1v) is 10.3. The van der Waals surface area contributed by atoms with Crippen molar-refractivity contribution >= 4 is 23.4 Å². The summed E-state index contributed by atoms with van der Waals surface area (Å²) < 4.78 is 16.4. The van der Waals surface area contributed by atoms with Gasteiger partial charge in [0.2, 0.25) is 11.8 Å². The number of fused-ring (bicyclic) bond motifs is 1. The van der Waals surface area contributed by atoms with E-state index < -0.39 is 0 Å². The van der Waals surface area contributed by atoms with E-state index in [2.05, 4.69) is 5.32 Å². The van der Waals surface area contributed by atoms with E-state index >= 15 is 0 Å². The van der Waals surface area contributed by atoms with Crippen molar-refractivity contribution in [3.8, 4) is 5.75 Å². The summed E-state index contributed by atoms with van der Waals surface area (Å²) in [5, 5.41) is 2.70. The molecular formula is C22H33N3O6. The first-order valence-electron chi connectivity index (χ1n) is 10.3. The van der Waals surface area contributed by atoms with Gasteiger partial charge in [0.05, 0.1) is 17.7 Å². The Hall–Kier alpha value is -2.65. The van der Waals surface area contributed by atoms with Crippen molar-refractivity contribution in [3.05, 3.63) is 23.8 Å². The van der Waals surface area contributed by atoms with E-state index in [-0.39, 0.29) is 49.0 Å². The van der Waals surface area contributed by atoms with Gasteiger partial charge < -0.3 is 29.3 Å². The number of hydrogen-bond acceptors (Lipinski definition) is 6. The van der Waals surface area contributed by atoms with Crippen molar-refractivity contribution in [2.45, 2.75) is 32.9 Å². The van der Waals surface area contributed by atoms with Crippen LogP contribution in [-0.2, 0) is 19.1 Å². The van der Waals surface area contributed by atoms with Crippen LogP contribution in [-0.4, -0.2) is 87.2 Å². The van der Waals surface area contributed by atoms with E-state index in [1.165, 1.54) is 14.0 Å². The van der Waals surface area contributed by atoms with Gasteiger partial charge in [0, 0.05) is 52.9 Å². The van der Waals surface area contributed by atoms with E-state index in [9.17, 15) is 14.4 Å². The first kappa shape index (κ1) is 24.6. The molecule has 0 spiro atoms. The van der Waals surface area contributed by atoms with Crippen LogP contribution in [0.5, 0.6) is 5.75 Å². The third-order valence-electron chi connectivity index (χ3n) is 5.41. The smallest absolute Gasteiger partial charge is 0.257 e. The van der Waals surface area contributed by atoms with Crippen LogP contribution >= 0.6 is 0 Å². The Kier molecular flexibility index (Phi) is 8.82. The molecule has 3 amide bonds. The van der Waals surface area contributed by atoms with Gasteiger partial charge in [0.25, 0.3) is 5.91 Å². The van der Waals surface area contributed by atoms with Crippen molar-refractivity contribution in [1.82, 2.24) is 9.80 Å². The number of carbonyl (C=O) groups excluding carboxylic acids is 3. The highest BCUT2D eigenvalue weighted by Gasteiger charge is 2.29. The van der Waals surface area contributed by atoms with Crippen molar-refractivity contribution in [2.75, 3.05) is 52.9 Å². The quantitative estimate of drug-likeness (QED) is 0.772. The molecular weight excluding hydrogens is 402 g/mol. The van der Waals surface area contributed by atoms with Crippen LogP contribution in [0.1, 0.15) is 31.1 Å². The molecule has 0 saturated heterocycles. The number of ether oxygens (including phenoxy) is 3. The zero-order valence-electron chi connectivity index (χ0n) is 19.1. The van der Waals surface area contributed by atoms with Gasteiger partial charge >= 0.3 is 0 Å². The molecule has 0 aromatic heterocycles. The molecule has 1 aliphatic heterocycles. The molecule has 0 bridgehead atoms. The number of anilines is 1. The number of benzene rings is 1. The monoisotopic (exact) mass is 435 g/mol. The van der Waals surface area contributed by atoms with Crippen molar-refractivity contribution in [1.29, 1.82) is 0 Å². The maximum atomic E-state index is 13.2. The van der Waals surface area contributed by atoms with E-state index in [4.69, 9.17) is 14.2 Å². The van der Waals surface area contributed by atoms with Crippen molar-refractivity contribution in [2.24, 2.45) is 5.92 Å². The number of amides is 3. The summed E-state index contributed by atoms with van der Waals surface area (Å²) in [5.41, 5.74) is 0.788. The Bertz CT molecular complexity index is 799. The van der Waals surface area contributed by atoms with Crippen molar-refractivity contribution < 1.29 is 28.6 Å². The standard InChI is InChI=1S/C22H33N3O6/c1-14-10-25(16(3)26)15(2)12-31-19-8-7-17(23-21(27)13-29-5)9-18(19)22(28)24(4)11-20(14)30-6/h7-9,14-15,20H,10-13H2,1-6H3,(H,23,27)/t14-,15-,20-/m0/s1. The molecule has 3 atom stereocenters. The summed E-state index contributed by atoms with van der Waals surface area (Å²) in [7, 11) is 4.73. The number of carbonyl (C=O) groups is 3. The molecule has 0 saturated carbocycles. The minimum absolute atomic E-state index is 0.00478. The van der Waals surface area contributed by atoms with Crippen molar-refractivity contribution in [3.63, 3.8) is 0 Å². The summed E-state index contributed by atoms with van der Waals surface area (Å²) in [6, 6.07) is 4.71. The molecule has 1 aromatic carbocycles. The summed E-state index contributed by atoms with van der Waals surface area (Å²) in [6.45, 7) is 6.42. The van der Waals surface area contributed by atoms with Crippen LogP contribution in [0.2, 0.25) is 0 Å². The predicted molar refractivity (Wildman–Crippen MR) is 116 cm³/mol. The maximum absolute atomic E-state index is 13.2. The highest BCUT2D eigenvalue weighted by molar-refractivity contribution is 5.99.